The van der Waals surface area contributed by atoms with E-state index in [2.05, 4.69) is 45.9 Å². The van der Waals surface area contributed by atoms with E-state index in [4.69, 9.17) is 14.5 Å². The standard InChI is InChI=1S/C34H39N5O5/c1-43-25-6-4-24(5-7-25)35-31-12-3-22-16-21(2-10-29(22)36-31)18-38-15-14-27(20-38)44-26-8-9-28-23(17-26)19-39(34(28)42)30-11-13-32(40)37-33(30)41/h2-3,8-10,12,16-17,24-25,27,30H,4-7,11,13-15,18-20H2,1H3,(H,35,36)(H,37,40,41)/t24-,25+,27-,30?/m0/s1. The van der Waals surface area contributed by atoms with E-state index >= 15 is 0 Å². The summed E-state index contributed by atoms with van der Waals surface area (Å²) in [5, 5.41) is 7.11. The Hall–Kier alpha value is -4.02. The van der Waals surface area contributed by atoms with Gasteiger partial charge in [0, 0.05) is 56.7 Å². The van der Waals surface area contributed by atoms with Crippen LogP contribution >= 0.6 is 0 Å². The van der Waals surface area contributed by atoms with Gasteiger partial charge in [-0.25, -0.2) is 4.98 Å². The Labute approximate surface area is 257 Å². The van der Waals surface area contributed by atoms with Crippen molar-refractivity contribution in [1.82, 2.24) is 20.1 Å². The number of carbonyl (C=O) groups excluding carboxylic acids is 3. The monoisotopic (exact) mass is 597 g/mol. The largest absolute Gasteiger partial charge is 0.489 e. The molecule has 1 unspecified atom stereocenters. The summed E-state index contributed by atoms with van der Waals surface area (Å²) in [5.74, 6) is 0.820. The van der Waals surface area contributed by atoms with Gasteiger partial charge in [-0.15, -0.1) is 0 Å². The van der Waals surface area contributed by atoms with Gasteiger partial charge in [0.05, 0.1) is 11.6 Å². The maximum Gasteiger partial charge on any atom is 0.255 e. The van der Waals surface area contributed by atoms with Crippen molar-refractivity contribution in [3.05, 3.63) is 65.2 Å². The Balaban J connectivity index is 0.927. The van der Waals surface area contributed by atoms with Crippen LogP contribution in [0.3, 0.4) is 0 Å². The molecule has 7 rings (SSSR count). The lowest BCUT2D eigenvalue weighted by Gasteiger charge is -2.29. The molecule has 0 spiro atoms. The third-order valence-electron chi connectivity index (χ3n) is 9.55. The second-order valence-corrected chi connectivity index (χ2v) is 12.6. The molecular weight excluding hydrogens is 558 g/mol. The van der Waals surface area contributed by atoms with Gasteiger partial charge in [-0.1, -0.05) is 6.07 Å². The number of methoxy groups -OCH3 is 1. The number of pyridine rings is 1. The molecule has 230 valence electrons. The predicted octanol–water partition coefficient (Wildman–Crippen LogP) is 4.02. The van der Waals surface area contributed by atoms with E-state index in [1.54, 1.807) is 18.1 Å². The highest BCUT2D eigenvalue weighted by Crippen LogP contribution is 2.31. The molecule has 0 bridgehead atoms. The van der Waals surface area contributed by atoms with Crippen LogP contribution in [0, 0.1) is 0 Å². The highest BCUT2D eigenvalue weighted by molar-refractivity contribution is 6.05. The van der Waals surface area contributed by atoms with E-state index in [0.717, 1.165) is 79.8 Å². The SMILES string of the molecule is CO[C@H]1CC[C@@H](Nc2ccc3cc(CN4CC[C@H](Oc5ccc6c(c5)CN(C5CCC(=O)NC5=O)C6=O)C4)ccc3n2)CC1. The summed E-state index contributed by atoms with van der Waals surface area (Å²) in [4.78, 5) is 45.7. The molecule has 3 fully saturated rings. The molecule has 1 saturated carbocycles. The fraction of sp³-hybridized carbons (Fsp3) is 0.471. The van der Waals surface area contributed by atoms with E-state index < -0.39 is 11.9 Å². The Morgan fingerprint density at radius 1 is 0.955 bits per heavy atom. The minimum absolute atomic E-state index is 0.0612. The van der Waals surface area contributed by atoms with Crippen molar-refractivity contribution in [2.75, 3.05) is 25.5 Å². The molecule has 1 aromatic heterocycles. The third-order valence-corrected chi connectivity index (χ3v) is 9.55. The Morgan fingerprint density at radius 3 is 2.64 bits per heavy atom. The molecule has 3 amide bonds. The molecule has 2 atom stereocenters. The zero-order chi connectivity index (χ0) is 30.2. The van der Waals surface area contributed by atoms with E-state index in [9.17, 15) is 14.4 Å². The maximum absolute atomic E-state index is 13.0. The van der Waals surface area contributed by atoms with Crippen LogP contribution in [0.2, 0.25) is 0 Å². The smallest absolute Gasteiger partial charge is 0.255 e. The average molecular weight is 598 g/mol. The number of imide groups is 1. The number of rotatable bonds is 8. The molecule has 0 radical (unpaired) electrons. The molecule has 2 aromatic carbocycles. The molecule has 2 saturated heterocycles. The molecule has 3 aliphatic heterocycles. The average Bonchev–Trinajstić information content (AvgIpc) is 3.60. The molecule has 44 heavy (non-hydrogen) atoms. The van der Waals surface area contributed by atoms with E-state index in [-0.39, 0.29) is 24.3 Å². The topological polar surface area (TPSA) is 113 Å². The van der Waals surface area contributed by atoms with Crippen molar-refractivity contribution in [2.45, 2.75) is 82.3 Å². The lowest BCUT2D eigenvalue weighted by molar-refractivity contribution is -0.136. The van der Waals surface area contributed by atoms with Crippen molar-refractivity contribution in [1.29, 1.82) is 0 Å². The highest BCUT2D eigenvalue weighted by atomic mass is 16.5. The van der Waals surface area contributed by atoms with Crippen LogP contribution in [0.5, 0.6) is 5.75 Å². The molecule has 2 N–H and O–H groups in total. The normalized spacial score (nSPS) is 25.8. The second-order valence-electron chi connectivity index (χ2n) is 12.6. The summed E-state index contributed by atoms with van der Waals surface area (Å²) in [6.45, 7) is 2.96. The number of likely N-dealkylation sites (tertiary alicyclic amines) is 1. The predicted molar refractivity (Wildman–Crippen MR) is 165 cm³/mol. The Morgan fingerprint density at radius 2 is 1.82 bits per heavy atom. The van der Waals surface area contributed by atoms with Crippen LogP contribution in [0.15, 0.2) is 48.5 Å². The third kappa shape index (κ3) is 6.01. The number of fused-ring (bicyclic) bond motifs is 2. The molecule has 1 aliphatic carbocycles. The molecule has 3 aromatic rings. The first-order valence-electron chi connectivity index (χ1n) is 15.8. The molecule has 4 heterocycles. The van der Waals surface area contributed by atoms with Gasteiger partial charge in [-0.2, -0.15) is 0 Å². The number of anilines is 1. The van der Waals surface area contributed by atoms with Crippen LogP contribution < -0.4 is 15.4 Å². The van der Waals surface area contributed by atoms with Crippen molar-refractivity contribution in [3.63, 3.8) is 0 Å². The van der Waals surface area contributed by atoms with Crippen molar-refractivity contribution in [2.24, 2.45) is 0 Å². The number of benzene rings is 2. The van der Waals surface area contributed by atoms with Crippen molar-refractivity contribution >= 4 is 34.4 Å². The van der Waals surface area contributed by atoms with Gasteiger partial charge in [0.15, 0.2) is 0 Å². The van der Waals surface area contributed by atoms with E-state index in [1.807, 2.05) is 12.1 Å². The summed E-state index contributed by atoms with van der Waals surface area (Å²) >= 11 is 0. The van der Waals surface area contributed by atoms with Crippen molar-refractivity contribution < 1.29 is 23.9 Å². The molecule has 10 heteroatoms. The summed E-state index contributed by atoms with van der Waals surface area (Å²) in [5.41, 5.74) is 3.70. The van der Waals surface area contributed by atoms with Crippen LogP contribution in [0.25, 0.3) is 10.9 Å². The molecule has 4 aliphatic rings. The zero-order valence-electron chi connectivity index (χ0n) is 25.1. The fourth-order valence-corrected chi connectivity index (χ4v) is 7.12. The van der Waals surface area contributed by atoms with Crippen LogP contribution in [-0.2, 0) is 27.4 Å². The minimum Gasteiger partial charge on any atom is -0.489 e. The summed E-state index contributed by atoms with van der Waals surface area (Å²) in [7, 11) is 1.80. The number of hydrogen-bond acceptors (Lipinski definition) is 8. The Kier molecular flexibility index (Phi) is 7.95. The van der Waals surface area contributed by atoms with Crippen LogP contribution in [0.1, 0.15) is 66.4 Å². The van der Waals surface area contributed by atoms with Gasteiger partial charge in [-0.3, -0.25) is 24.6 Å². The Bertz CT molecular complexity index is 1590. The number of nitrogens with zero attached hydrogens (tertiary/aromatic N) is 3. The summed E-state index contributed by atoms with van der Waals surface area (Å²) in [6, 6.07) is 16.2. The van der Waals surface area contributed by atoms with E-state index in [1.165, 1.54) is 5.56 Å². The van der Waals surface area contributed by atoms with Gasteiger partial charge in [0.1, 0.15) is 23.7 Å². The van der Waals surface area contributed by atoms with Gasteiger partial charge in [0.25, 0.3) is 5.91 Å². The van der Waals surface area contributed by atoms with Crippen molar-refractivity contribution in [3.8, 4) is 5.75 Å². The first kappa shape index (κ1) is 28.7. The minimum atomic E-state index is -0.615. The zero-order valence-corrected chi connectivity index (χ0v) is 25.1. The lowest BCUT2D eigenvalue weighted by Crippen LogP contribution is -2.52. The van der Waals surface area contributed by atoms with Gasteiger partial charge >= 0.3 is 0 Å². The number of hydrogen-bond donors (Lipinski definition) is 2. The maximum atomic E-state index is 13.0. The number of carbonyl (C=O) groups is 3. The number of ether oxygens (including phenoxy) is 2. The summed E-state index contributed by atoms with van der Waals surface area (Å²) in [6.07, 6.45) is 6.36. The van der Waals surface area contributed by atoms with Gasteiger partial charge in [0.2, 0.25) is 11.8 Å². The fourth-order valence-electron chi connectivity index (χ4n) is 7.12. The number of aromatic nitrogens is 1. The number of amides is 3. The lowest BCUT2D eigenvalue weighted by atomic mass is 9.93. The highest BCUT2D eigenvalue weighted by Gasteiger charge is 2.39. The van der Waals surface area contributed by atoms with Gasteiger partial charge in [-0.05, 0) is 92.1 Å². The molecular formula is C34H39N5O5. The van der Waals surface area contributed by atoms with Crippen LogP contribution in [-0.4, -0.2) is 77.0 Å². The number of piperidine rings is 1. The first-order valence-corrected chi connectivity index (χ1v) is 15.8. The molecule has 10 nitrogen and oxygen atoms in total. The summed E-state index contributed by atoms with van der Waals surface area (Å²) < 4.78 is 11.9. The second kappa shape index (κ2) is 12.2. The van der Waals surface area contributed by atoms with E-state index in [0.29, 0.717) is 30.7 Å². The van der Waals surface area contributed by atoms with Crippen LogP contribution in [0.4, 0.5) is 5.82 Å². The quantitative estimate of drug-likeness (QED) is 0.375. The first-order chi connectivity index (χ1) is 21.4. The number of nitrogens with one attached hydrogen (secondary N) is 2. The van der Waals surface area contributed by atoms with Gasteiger partial charge < -0.3 is 19.7 Å².